The number of hydrogen-bond donors (Lipinski definition) is 1. The molecule has 1 N–H and O–H groups in total. The van der Waals surface area contributed by atoms with Gasteiger partial charge in [-0.3, -0.25) is 9.79 Å². The first-order valence-electron chi connectivity index (χ1n) is 10.1. The largest absolute Gasteiger partial charge is 0.326 e. The first-order valence-corrected chi connectivity index (χ1v) is 10.1. The standard InChI is InChI=1S/C26H26N2O/c1-3-22-21-16-19(2)18-26(22,23-13-14-25(29)28-24(23)17-21)27-15-9-5-8-12-20-10-6-4-7-11-20/h3-16,21H,17-18H2,1-2H3,(H,28,29)/b9-5+,12-8+,22-3+,27-15?. The Balaban J connectivity index is 1.67. The highest BCUT2D eigenvalue weighted by Gasteiger charge is 2.46. The van der Waals surface area contributed by atoms with Gasteiger partial charge < -0.3 is 4.98 Å². The van der Waals surface area contributed by atoms with Crippen molar-refractivity contribution in [2.45, 2.75) is 32.2 Å². The molecule has 1 heterocycles. The van der Waals surface area contributed by atoms with E-state index in [9.17, 15) is 4.79 Å². The van der Waals surface area contributed by atoms with Crippen LogP contribution in [-0.4, -0.2) is 11.2 Å². The van der Waals surface area contributed by atoms with Crippen LogP contribution < -0.4 is 5.56 Å². The van der Waals surface area contributed by atoms with Gasteiger partial charge in [0.1, 0.15) is 5.54 Å². The molecular formula is C26H26N2O. The SMILES string of the molecule is C/C=C1\C2C=C(C)CC1(N=C/C=C/C=C/c1ccccc1)c1ccc(=O)[nH]c1C2. The van der Waals surface area contributed by atoms with Gasteiger partial charge in [0.2, 0.25) is 5.56 Å². The lowest BCUT2D eigenvalue weighted by atomic mass is 9.63. The zero-order valence-electron chi connectivity index (χ0n) is 16.9. The molecule has 2 aliphatic carbocycles. The molecule has 0 fully saturated rings. The van der Waals surface area contributed by atoms with Gasteiger partial charge in [-0.1, -0.05) is 66.3 Å². The van der Waals surface area contributed by atoms with Crippen molar-refractivity contribution in [2.75, 3.05) is 0 Å². The number of aromatic amines is 1. The lowest BCUT2D eigenvalue weighted by Gasteiger charge is -2.45. The number of nitrogens with one attached hydrogen (secondary N) is 1. The first kappa shape index (κ1) is 19.1. The predicted octanol–water partition coefficient (Wildman–Crippen LogP) is 5.38. The minimum absolute atomic E-state index is 0.0449. The van der Waals surface area contributed by atoms with Crippen molar-refractivity contribution < 1.29 is 0 Å². The maximum atomic E-state index is 11.9. The van der Waals surface area contributed by atoms with Gasteiger partial charge >= 0.3 is 0 Å². The highest BCUT2D eigenvalue weighted by Crippen LogP contribution is 2.51. The van der Waals surface area contributed by atoms with Crippen molar-refractivity contribution in [3.05, 3.63) is 111 Å². The average Bonchev–Trinajstić information content (AvgIpc) is 2.70. The van der Waals surface area contributed by atoms with Crippen LogP contribution in [0.3, 0.4) is 0 Å². The minimum Gasteiger partial charge on any atom is -0.326 e. The summed E-state index contributed by atoms with van der Waals surface area (Å²) in [6.07, 6.45) is 16.2. The van der Waals surface area contributed by atoms with Crippen LogP contribution in [0.1, 0.15) is 37.1 Å². The fourth-order valence-corrected chi connectivity index (χ4v) is 4.67. The molecule has 2 aromatic rings. The highest BCUT2D eigenvalue weighted by molar-refractivity contribution is 5.74. The number of hydrogen-bond acceptors (Lipinski definition) is 2. The Morgan fingerprint density at radius 1 is 1.10 bits per heavy atom. The molecule has 0 spiro atoms. The fraction of sp³-hybridized carbons (Fsp3) is 0.231. The third-order valence-electron chi connectivity index (χ3n) is 5.77. The Labute approximate surface area is 171 Å². The summed E-state index contributed by atoms with van der Waals surface area (Å²) in [5.74, 6) is 0.290. The van der Waals surface area contributed by atoms with E-state index in [1.807, 2.05) is 48.7 Å². The van der Waals surface area contributed by atoms with E-state index in [1.54, 1.807) is 6.07 Å². The van der Waals surface area contributed by atoms with Crippen molar-refractivity contribution in [3.63, 3.8) is 0 Å². The number of rotatable bonds is 4. The maximum Gasteiger partial charge on any atom is 0.248 e. The lowest BCUT2D eigenvalue weighted by molar-refractivity contribution is 0.413. The number of allylic oxidation sites excluding steroid dienone is 5. The summed E-state index contributed by atoms with van der Waals surface area (Å²) in [6.45, 7) is 4.27. The van der Waals surface area contributed by atoms with Gasteiger partial charge in [0.05, 0.1) is 0 Å². The van der Waals surface area contributed by atoms with Gasteiger partial charge in [-0.15, -0.1) is 0 Å². The molecule has 146 valence electrons. The van der Waals surface area contributed by atoms with E-state index in [1.165, 1.54) is 16.7 Å². The molecule has 0 radical (unpaired) electrons. The van der Waals surface area contributed by atoms with Crippen molar-refractivity contribution >= 4 is 12.3 Å². The minimum atomic E-state index is -0.427. The summed E-state index contributed by atoms with van der Waals surface area (Å²) >= 11 is 0. The molecule has 2 atom stereocenters. The first-order chi connectivity index (χ1) is 14.1. The zero-order valence-corrected chi connectivity index (χ0v) is 16.9. The van der Waals surface area contributed by atoms with E-state index in [0.29, 0.717) is 5.92 Å². The van der Waals surface area contributed by atoms with Crippen LogP contribution in [0, 0.1) is 5.92 Å². The van der Waals surface area contributed by atoms with Crippen LogP contribution in [0.25, 0.3) is 6.08 Å². The summed E-state index contributed by atoms with van der Waals surface area (Å²) in [7, 11) is 0. The normalized spacial score (nSPS) is 25.1. The summed E-state index contributed by atoms with van der Waals surface area (Å²) in [4.78, 5) is 20.0. The summed E-state index contributed by atoms with van der Waals surface area (Å²) in [5, 5.41) is 0. The summed E-state index contributed by atoms with van der Waals surface area (Å²) < 4.78 is 0. The van der Waals surface area contributed by atoms with Crippen LogP contribution in [0.2, 0.25) is 0 Å². The van der Waals surface area contributed by atoms with E-state index >= 15 is 0 Å². The lowest BCUT2D eigenvalue weighted by Crippen LogP contribution is -2.40. The summed E-state index contributed by atoms with van der Waals surface area (Å²) in [5.41, 5.74) is 5.51. The molecule has 29 heavy (non-hydrogen) atoms. The van der Waals surface area contributed by atoms with Crippen LogP contribution in [0.4, 0.5) is 0 Å². The monoisotopic (exact) mass is 382 g/mol. The number of aliphatic imine (C=N–C) groups is 1. The van der Waals surface area contributed by atoms with E-state index in [-0.39, 0.29) is 5.56 Å². The Hall–Kier alpha value is -3.20. The molecule has 0 amide bonds. The Morgan fingerprint density at radius 3 is 2.72 bits per heavy atom. The third kappa shape index (κ3) is 3.73. The highest BCUT2D eigenvalue weighted by atomic mass is 16.1. The molecule has 0 saturated carbocycles. The number of pyridine rings is 1. The van der Waals surface area contributed by atoms with Crippen molar-refractivity contribution in [2.24, 2.45) is 10.9 Å². The average molecular weight is 383 g/mol. The molecule has 0 aliphatic heterocycles. The van der Waals surface area contributed by atoms with E-state index in [4.69, 9.17) is 4.99 Å². The molecule has 1 aromatic carbocycles. The van der Waals surface area contributed by atoms with Crippen LogP contribution >= 0.6 is 0 Å². The molecule has 3 heteroatoms. The van der Waals surface area contributed by atoms with E-state index < -0.39 is 5.54 Å². The molecule has 2 bridgehead atoms. The molecule has 0 saturated heterocycles. The van der Waals surface area contributed by atoms with Crippen LogP contribution in [-0.2, 0) is 12.0 Å². The van der Waals surface area contributed by atoms with Gasteiger partial charge in [-0.2, -0.15) is 0 Å². The number of H-pyrrole nitrogens is 1. The Bertz CT molecular complexity index is 1100. The van der Waals surface area contributed by atoms with Gasteiger partial charge in [0, 0.05) is 35.9 Å². The fourth-order valence-electron chi connectivity index (χ4n) is 4.67. The number of nitrogens with zero attached hydrogens (tertiary/aromatic N) is 1. The van der Waals surface area contributed by atoms with Crippen molar-refractivity contribution in [1.29, 1.82) is 0 Å². The smallest absolute Gasteiger partial charge is 0.248 e. The molecule has 2 aliphatic rings. The maximum absolute atomic E-state index is 11.9. The summed E-state index contributed by atoms with van der Waals surface area (Å²) in [6, 6.07) is 13.8. The Kier molecular flexibility index (Phi) is 5.30. The Morgan fingerprint density at radius 2 is 1.93 bits per heavy atom. The van der Waals surface area contributed by atoms with E-state index in [0.717, 1.165) is 24.1 Å². The number of fused-ring (bicyclic) bond motifs is 4. The van der Waals surface area contributed by atoms with Gasteiger partial charge in [-0.05, 0) is 43.5 Å². The third-order valence-corrected chi connectivity index (χ3v) is 5.77. The molecule has 2 unspecified atom stereocenters. The van der Waals surface area contributed by atoms with Crippen LogP contribution in [0.15, 0.2) is 93.8 Å². The molecule has 4 rings (SSSR count). The second-order valence-corrected chi connectivity index (χ2v) is 7.75. The van der Waals surface area contributed by atoms with Gasteiger partial charge in [-0.25, -0.2) is 0 Å². The quantitative estimate of drug-likeness (QED) is 0.431. The second-order valence-electron chi connectivity index (χ2n) is 7.75. The second kappa shape index (κ2) is 8.04. The van der Waals surface area contributed by atoms with Crippen molar-refractivity contribution in [3.8, 4) is 0 Å². The number of aromatic nitrogens is 1. The topological polar surface area (TPSA) is 45.2 Å². The molecule has 1 aromatic heterocycles. The van der Waals surface area contributed by atoms with Gasteiger partial charge in [0.15, 0.2) is 0 Å². The zero-order chi connectivity index (χ0) is 20.3. The molecular weight excluding hydrogens is 356 g/mol. The van der Waals surface area contributed by atoms with Gasteiger partial charge in [0.25, 0.3) is 0 Å². The molecule has 3 nitrogen and oxygen atoms in total. The van der Waals surface area contributed by atoms with E-state index in [2.05, 4.69) is 49.2 Å². The van der Waals surface area contributed by atoms with Crippen LogP contribution in [0.5, 0.6) is 0 Å². The number of benzene rings is 1. The van der Waals surface area contributed by atoms with Crippen molar-refractivity contribution in [1.82, 2.24) is 4.98 Å². The predicted molar refractivity (Wildman–Crippen MR) is 121 cm³/mol.